The van der Waals surface area contributed by atoms with Gasteiger partial charge in [-0.15, -0.1) is 0 Å². The second-order valence-electron chi connectivity index (χ2n) is 6.03. The zero-order chi connectivity index (χ0) is 16.8. The first-order valence-electron chi connectivity index (χ1n) is 7.77. The summed E-state index contributed by atoms with van der Waals surface area (Å²) in [5, 5.41) is 13.7. The van der Waals surface area contributed by atoms with E-state index in [9.17, 15) is 14.7 Å². The second-order valence-corrected chi connectivity index (χ2v) is 6.03. The van der Waals surface area contributed by atoms with E-state index in [2.05, 4.69) is 5.32 Å². The number of nitrogens with zero attached hydrogens (tertiary/aromatic N) is 1. The number of para-hydroxylation sites is 1. The third-order valence-electron chi connectivity index (χ3n) is 4.47. The van der Waals surface area contributed by atoms with Crippen LogP contribution in [0.3, 0.4) is 0 Å². The number of pyridine rings is 1. The Morgan fingerprint density at radius 3 is 2.96 bits per heavy atom. The zero-order valence-corrected chi connectivity index (χ0v) is 13.1. The Balaban J connectivity index is 1.82. The lowest BCUT2D eigenvalue weighted by atomic mass is 10.1. The smallest absolute Gasteiger partial charge is 0.267 e. The summed E-state index contributed by atoms with van der Waals surface area (Å²) in [5.74, 6) is -0.299. The van der Waals surface area contributed by atoms with Crippen molar-refractivity contribution >= 4 is 16.8 Å². The minimum atomic E-state index is -0.607. The number of benzene rings is 1. The largest absolute Gasteiger partial charge is 0.506 e. The molecule has 122 valence electrons. The van der Waals surface area contributed by atoms with E-state index in [4.69, 9.17) is 4.42 Å². The molecule has 1 aliphatic rings. The Morgan fingerprint density at radius 1 is 1.38 bits per heavy atom. The zero-order valence-electron chi connectivity index (χ0n) is 13.1. The highest BCUT2D eigenvalue weighted by molar-refractivity contribution is 6.03. The van der Waals surface area contributed by atoms with E-state index in [1.807, 2.05) is 19.1 Å². The first kappa shape index (κ1) is 14.6. The molecule has 1 unspecified atom stereocenters. The normalized spacial score (nSPS) is 15.8. The van der Waals surface area contributed by atoms with Gasteiger partial charge in [0.25, 0.3) is 11.5 Å². The molecule has 2 aromatic heterocycles. The molecule has 0 aliphatic carbocycles. The van der Waals surface area contributed by atoms with Gasteiger partial charge in [-0.05, 0) is 37.1 Å². The molecule has 24 heavy (non-hydrogen) atoms. The number of nitrogens with one attached hydrogen (secondary N) is 1. The fourth-order valence-electron chi connectivity index (χ4n) is 3.39. The van der Waals surface area contributed by atoms with Crippen LogP contribution in [0.15, 0.2) is 45.8 Å². The minimum Gasteiger partial charge on any atom is -0.506 e. The average molecular weight is 324 g/mol. The van der Waals surface area contributed by atoms with Gasteiger partial charge in [-0.1, -0.05) is 12.1 Å². The van der Waals surface area contributed by atoms with E-state index < -0.39 is 11.5 Å². The van der Waals surface area contributed by atoms with Crippen molar-refractivity contribution in [3.05, 3.63) is 63.8 Å². The van der Waals surface area contributed by atoms with E-state index in [1.165, 1.54) is 6.26 Å². The predicted octanol–water partition coefficient (Wildman–Crippen LogP) is 2.35. The summed E-state index contributed by atoms with van der Waals surface area (Å²) in [6, 6.07) is 8.89. The second kappa shape index (κ2) is 5.26. The molecule has 2 N–H and O–H groups in total. The van der Waals surface area contributed by atoms with Crippen molar-refractivity contribution < 1.29 is 14.3 Å². The molecular weight excluding hydrogens is 308 g/mol. The maximum absolute atomic E-state index is 12.8. The van der Waals surface area contributed by atoms with Crippen LogP contribution >= 0.6 is 0 Å². The highest BCUT2D eigenvalue weighted by Gasteiger charge is 2.29. The Morgan fingerprint density at radius 2 is 2.21 bits per heavy atom. The Bertz CT molecular complexity index is 1000. The number of aromatic nitrogens is 1. The van der Waals surface area contributed by atoms with E-state index in [0.29, 0.717) is 17.6 Å². The van der Waals surface area contributed by atoms with Gasteiger partial charge in [-0.25, -0.2) is 0 Å². The number of hydrogen-bond donors (Lipinski definition) is 2. The van der Waals surface area contributed by atoms with Crippen LogP contribution in [0.25, 0.3) is 10.9 Å². The number of aromatic hydroxyl groups is 1. The van der Waals surface area contributed by atoms with Crippen LogP contribution in [0.2, 0.25) is 0 Å². The van der Waals surface area contributed by atoms with Gasteiger partial charge in [0.15, 0.2) is 0 Å². The highest BCUT2D eigenvalue weighted by atomic mass is 16.3. The summed E-state index contributed by atoms with van der Waals surface area (Å²) in [4.78, 5) is 25.3. The van der Waals surface area contributed by atoms with Crippen LogP contribution in [0.1, 0.15) is 34.6 Å². The van der Waals surface area contributed by atoms with Gasteiger partial charge in [0.1, 0.15) is 17.1 Å². The molecule has 0 spiro atoms. The number of carbonyl (C=O) groups excluding carboxylic acids is 1. The first-order chi connectivity index (χ1) is 11.6. The van der Waals surface area contributed by atoms with Crippen molar-refractivity contribution in [3.8, 4) is 5.75 Å². The molecule has 0 saturated heterocycles. The van der Waals surface area contributed by atoms with Gasteiger partial charge in [0.2, 0.25) is 0 Å². The number of hydrogen-bond acceptors (Lipinski definition) is 4. The molecule has 1 amide bonds. The van der Waals surface area contributed by atoms with E-state index in [-0.39, 0.29) is 23.9 Å². The van der Waals surface area contributed by atoms with Gasteiger partial charge in [-0.3, -0.25) is 9.59 Å². The van der Waals surface area contributed by atoms with Crippen molar-refractivity contribution in [1.29, 1.82) is 0 Å². The van der Waals surface area contributed by atoms with Crippen LogP contribution in [0.4, 0.5) is 0 Å². The molecule has 4 rings (SSSR count). The topological polar surface area (TPSA) is 84.5 Å². The van der Waals surface area contributed by atoms with Crippen LogP contribution in [-0.4, -0.2) is 15.6 Å². The summed E-state index contributed by atoms with van der Waals surface area (Å²) < 4.78 is 6.76. The molecule has 0 saturated carbocycles. The fourth-order valence-corrected chi connectivity index (χ4v) is 3.39. The lowest BCUT2D eigenvalue weighted by Gasteiger charge is -2.13. The number of furan rings is 1. The Kier molecular flexibility index (Phi) is 3.19. The maximum Gasteiger partial charge on any atom is 0.267 e. The molecule has 0 bridgehead atoms. The van der Waals surface area contributed by atoms with E-state index >= 15 is 0 Å². The summed E-state index contributed by atoms with van der Waals surface area (Å²) in [5.41, 5.74) is 1.04. The third-order valence-corrected chi connectivity index (χ3v) is 4.47. The standard InChI is InChI=1S/C18H16N2O4/c1-10-8-11-4-2-6-13-15(11)20(10)18(23)14(16(13)21)17(22)19-9-12-5-3-7-24-12/h2-7,10,21H,8-9H2,1H3,(H,19,22). The van der Waals surface area contributed by atoms with E-state index in [1.54, 1.807) is 22.8 Å². The quantitative estimate of drug-likeness (QED) is 0.774. The molecule has 6 nitrogen and oxygen atoms in total. The van der Waals surface area contributed by atoms with Gasteiger partial charge >= 0.3 is 0 Å². The summed E-state index contributed by atoms with van der Waals surface area (Å²) >= 11 is 0. The van der Waals surface area contributed by atoms with Crippen molar-refractivity contribution in [2.75, 3.05) is 0 Å². The number of carbonyl (C=O) groups is 1. The lowest BCUT2D eigenvalue weighted by molar-refractivity contribution is 0.0943. The van der Waals surface area contributed by atoms with E-state index in [0.717, 1.165) is 11.1 Å². The van der Waals surface area contributed by atoms with Crippen molar-refractivity contribution in [2.45, 2.75) is 25.9 Å². The molecule has 1 aromatic carbocycles. The van der Waals surface area contributed by atoms with Crippen molar-refractivity contribution in [1.82, 2.24) is 9.88 Å². The SMILES string of the molecule is CC1Cc2cccc3c(O)c(C(=O)NCc4ccco4)c(=O)n1c23. The lowest BCUT2D eigenvalue weighted by Crippen LogP contribution is -2.33. The van der Waals surface area contributed by atoms with Crippen LogP contribution in [0.5, 0.6) is 5.75 Å². The Hall–Kier alpha value is -3.02. The molecule has 6 heteroatoms. The fraction of sp³-hybridized carbons (Fsp3) is 0.222. The van der Waals surface area contributed by atoms with Gasteiger partial charge < -0.3 is 19.4 Å². The van der Waals surface area contributed by atoms with Crippen molar-refractivity contribution in [2.24, 2.45) is 0 Å². The summed E-state index contributed by atoms with van der Waals surface area (Å²) in [6.07, 6.45) is 2.22. The van der Waals surface area contributed by atoms with Gasteiger partial charge in [0, 0.05) is 11.4 Å². The summed E-state index contributed by atoms with van der Waals surface area (Å²) in [6.45, 7) is 2.08. The monoisotopic (exact) mass is 324 g/mol. The van der Waals surface area contributed by atoms with Crippen LogP contribution in [-0.2, 0) is 13.0 Å². The molecule has 3 heterocycles. The first-order valence-corrected chi connectivity index (χ1v) is 7.77. The minimum absolute atomic E-state index is 0.0466. The van der Waals surface area contributed by atoms with Crippen molar-refractivity contribution in [3.63, 3.8) is 0 Å². The van der Waals surface area contributed by atoms with Crippen LogP contribution in [0, 0.1) is 0 Å². The highest BCUT2D eigenvalue weighted by Crippen LogP contribution is 2.35. The predicted molar refractivity (Wildman–Crippen MR) is 88.2 cm³/mol. The molecule has 1 aliphatic heterocycles. The molecule has 0 radical (unpaired) electrons. The van der Waals surface area contributed by atoms with Gasteiger partial charge in [0.05, 0.1) is 18.3 Å². The number of amides is 1. The Labute approximate surface area is 137 Å². The molecule has 3 aromatic rings. The van der Waals surface area contributed by atoms with Crippen LogP contribution < -0.4 is 10.9 Å². The average Bonchev–Trinajstić information content (AvgIpc) is 3.18. The number of rotatable bonds is 3. The third kappa shape index (κ3) is 2.03. The maximum atomic E-state index is 12.8. The summed E-state index contributed by atoms with van der Waals surface area (Å²) in [7, 11) is 0. The molecular formula is C18H16N2O4. The molecule has 1 atom stereocenters. The van der Waals surface area contributed by atoms with Gasteiger partial charge in [-0.2, -0.15) is 0 Å². The molecule has 0 fully saturated rings.